The fourth-order valence-electron chi connectivity index (χ4n) is 2.58. The van der Waals surface area contributed by atoms with Gasteiger partial charge < -0.3 is 25.8 Å². The Bertz CT molecular complexity index is 976. The minimum Gasteiger partial charge on any atom is -0.491 e. The fourth-order valence-corrected chi connectivity index (χ4v) is 2.58. The number of hydrogen-bond donors (Lipinski definition) is 3. The van der Waals surface area contributed by atoms with E-state index in [0.29, 0.717) is 25.0 Å². The quantitative estimate of drug-likeness (QED) is 0.478. The first kappa shape index (κ1) is 20.1. The molecule has 0 saturated carbocycles. The van der Waals surface area contributed by atoms with Crippen molar-refractivity contribution in [3.8, 4) is 5.75 Å². The number of rotatable bonds is 9. The summed E-state index contributed by atoms with van der Waals surface area (Å²) >= 11 is 0. The molecule has 0 aliphatic rings. The number of carbonyl (C=O) groups excluding carboxylic acids is 1. The van der Waals surface area contributed by atoms with Gasteiger partial charge in [0.15, 0.2) is 0 Å². The van der Waals surface area contributed by atoms with E-state index in [1.807, 2.05) is 55.5 Å². The summed E-state index contributed by atoms with van der Waals surface area (Å²) in [7, 11) is 1.63. The van der Waals surface area contributed by atoms with E-state index >= 15 is 0 Å². The molecule has 0 bridgehead atoms. The Hall–Kier alpha value is -3.65. The molecular formula is C21H23N5O3. The third-order valence-corrected chi connectivity index (χ3v) is 4.00. The normalized spacial score (nSPS) is 10.4. The van der Waals surface area contributed by atoms with E-state index in [4.69, 9.17) is 15.2 Å². The van der Waals surface area contributed by atoms with E-state index in [-0.39, 0.29) is 5.56 Å². The molecule has 29 heavy (non-hydrogen) atoms. The number of amides is 1. The average Bonchev–Trinajstić information content (AvgIpc) is 2.69. The zero-order valence-corrected chi connectivity index (χ0v) is 16.3. The number of hydrogen-bond acceptors (Lipinski definition) is 7. The third-order valence-electron chi connectivity index (χ3n) is 4.00. The number of primary amides is 1. The van der Waals surface area contributed by atoms with Gasteiger partial charge in [0.25, 0.3) is 5.91 Å². The number of ether oxygens (including phenoxy) is 2. The molecule has 0 unspecified atom stereocenters. The Labute approximate surface area is 169 Å². The smallest absolute Gasteiger partial charge is 0.254 e. The van der Waals surface area contributed by atoms with Gasteiger partial charge in [0.2, 0.25) is 5.95 Å². The van der Waals surface area contributed by atoms with E-state index in [0.717, 1.165) is 22.7 Å². The van der Waals surface area contributed by atoms with Gasteiger partial charge in [0.1, 0.15) is 23.7 Å². The van der Waals surface area contributed by atoms with Crippen LogP contribution in [0.25, 0.3) is 0 Å². The first-order valence-corrected chi connectivity index (χ1v) is 9.04. The van der Waals surface area contributed by atoms with Crippen LogP contribution in [-0.2, 0) is 4.74 Å². The molecule has 0 aliphatic heterocycles. The molecule has 1 amide bonds. The summed E-state index contributed by atoms with van der Waals surface area (Å²) in [4.78, 5) is 20.4. The number of aromatic nitrogens is 2. The Morgan fingerprint density at radius 3 is 2.55 bits per heavy atom. The summed E-state index contributed by atoms with van der Waals surface area (Å²) in [6.45, 7) is 2.99. The first-order valence-electron chi connectivity index (χ1n) is 9.04. The molecule has 0 saturated heterocycles. The average molecular weight is 393 g/mol. The highest BCUT2D eigenvalue weighted by Gasteiger charge is 2.13. The van der Waals surface area contributed by atoms with Crippen molar-refractivity contribution in [3.05, 3.63) is 65.9 Å². The van der Waals surface area contributed by atoms with Crippen LogP contribution < -0.4 is 21.1 Å². The zero-order chi connectivity index (χ0) is 20.6. The van der Waals surface area contributed by atoms with Gasteiger partial charge in [-0.1, -0.05) is 12.1 Å². The molecule has 2 aromatic carbocycles. The summed E-state index contributed by atoms with van der Waals surface area (Å²) in [6, 6.07) is 15.1. The summed E-state index contributed by atoms with van der Waals surface area (Å²) in [5.41, 5.74) is 8.33. The molecule has 8 heteroatoms. The van der Waals surface area contributed by atoms with E-state index in [2.05, 4.69) is 20.6 Å². The van der Waals surface area contributed by atoms with Crippen molar-refractivity contribution in [1.82, 2.24) is 9.97 Å². The fraction of sp³-hybridized carbons (Fsp3) is 0.190. The van der Waals surface area contributed by atoms with Crippen LogP contribution >= 0.6 is 0 Å². The topological polar surface area (TPSA) is 111 Å². The molecule has 1 aromatic heterocycles. The van der Waals surface area contributed by atoms with E-state index in [1.54, 1.807) is 7.11 Å². The second-order valence-electron chi connectivity index (χ2n) is 6.31. The summed E-state index contributed by atoms with van der Waals surface area (Å²) < 4.78 is 10.5. The third kappa shape index (κ3) is 5.66. The molecule has 0 fully saturated rings. The summed E-state index contributed by atoms with van der Waals surface area (Å²) in [5, 5.41) is 6.24. The highest BCUT2D eigenvalue weighted by atomic mass is 16.5. The van der Waals surface area contributed by atoms with Crippen LogP contribution in [0.4, 0.5) is 23.1 Å². The SMILES string of the molecule is COCCOc1ccc(Nc2ncc(C(N)=O)c(Nc3cccc(C)c3)n2)cc1. The highest BCUT2D eigenvalue weighted by molar-refractivity contribution is 5.98. The number of methoxy groups -OCH3 is 1. The lowest BCUT2D eigenvalue weighted by Gasteiger charge is -2.12. The molecular weight excluding hydrogens is 370 g/mol. The minimum absolute atomic E-state index is 0.207. The molecule has 0 atom stereocenters. The van der Waals surface area contributed by atoms with Crippen LogP contribution in [0.1, 0.15) is 15.9 Å². The van der Waals surface area contributed by atoms with Crippen molar-refractivity contribution >= 4 is 29.0 Å². The van der Waals surface area contributed by atoms with Gasteiger partial charge in [-0.2, -0.15) is 4.98 Å². The lowest BCUT2D eigenvalue weighted by molar-refractivity contribution is 0.100. The van der Waals surface area contributed by atoms with Crippen molar-refractivity contribution in [1.29, 1.82) is 0 Å². The highest BCUT2D eigenvalue weighted by Crippen LogP contribution is 2.23. The first-order chi connectivity index (χ1) is 14.0. The van der Waals surface area contributed by atoms with Crippen LogP contribution in [0.3, 0.4) is 0 Å². The van der Waals surface area contributed by atoms with E-state index < -0.39 is 5.91 Å². The van der Waals surface area contributed by atoms with Crippen molar-refractivity contribution < 1.29 is 14.3 Å². The van der Waals surface area contributed by atoms with Gasteiger partial charge in [-0.15, -0.1) is 0 Å². The Balaban J connectivity index is 1.77. The molecule has 4 N–H and O–H groups in total. The molecule has 0 aliphatic carbocycles. The lowest BCUT2D eigenvalue weighted by Crippen LogP contribution is -2.15. The minimum atomic E-state index is -0.607. The summed E-state index contributed by atoms with van der Waals surface area (Å²) in [6.07, 6.45) is 1.40. The number of nitrogens with zero attached hydrogens (tertiary/aromatic N) is 2. The van der Waals surface area contributed by atoms with Crippen LogP contribution in [0.5, 0.6) is 5.75 Å². The molecule has 1 heterocycles. The van der Waals surface area contributed by atoms with Crippen LogP contribution in [0.2, 0.25) is 0 Å². The molecule has 3 rings (SSSR count). The molecule has 0 spiro atoms. The van der Waals surface area contributed by atoms with Gasteiger partial charge in [0, 0.05) is 24.7 Å². The van der Waals surface area contributed by atoms with E-state index in [1.165, 1.54) is 6.20 Å². The van der Waals surface area contributed by atoms with Gasteiger partial charge in [-0.25, -0.2) is 4.98 Å². The maximum Gasteiger partial charge on any atom is 0.254 e. The number of aryl methyl sites for hydroxylation is 1. The van der Waals surface area contributed by atoms with Gasteiger partial charge in [0.05, 0.1) is 6.61 Å². The van der Waals surface area contributed by atoms with Crippen molar-refractivity contribution in [2.24, 2.45) is 5.73 Å². The summed E-state index contributed by atoms with van der Waals surface area (Å²) in [5.74, 6) is 0.794. The Morgan fingerprint density at radius 1 is 1.07 bits per heavy atom. The van der Waals surface area contributed by atoms with Gasteiger partial charge >= 0.3 is 0 Å². The second-order valence-corrected chi connectivity index (χ2v) is 6.31. The van der Waals surface area contributed by atoms with Crippen LogP contribution in [0, 0.1) is 6.92 Å². The number of nitrogens with one attached hydrogen (secondary N) is 2. The van der Waals surface area contributed by atoms with Crippen molar-refractivity contribution in [2.75, 3.05) is 31.0 Å². The standard InChI is InChI=1S/C21H23N5O3/c1-14-4-3-5-16(12-14)24-20-18(19(22)27)13-23-21(26-20)25-15-6-8-17(9-7-15)29-11-10-28-2/h3-9,12-13H,10-11H2,1-2H3,(H2,22,27)(H2,23,24,25,26). The predicted molar refractivity (Wildman–Crippen MR) is 112 cm³/mol. The molecule has 8 nitrogen and oxygen atoms in total. The predicted octanol–water partition coefficient (Wildman–Crippen LogP) is 3.40. The van der Waals surface area contributed by atoms with Gasteiger partial charge in [-0.05, 0) is 48.9 Å². The number of anilines is 4. The van der Waals surface area contributed by atoms with Crippen LogP contribution in [-0.4, -0.2) is 36.2 Å². The largest absolute Gasteiger partial charge is 0.491 e. The van der Waals surface area contributed by atoms with Gasteiger partial charge in [-0.3, -0.25) is 4.79 Å². The number of benzene rings is 2. The van der Waals surface area contributed by atoms with Crippen molar-refractivity contribution in [2.45, 2.75) is 6.92 Å². The maximum absolute atomic E-state index is 11.8. The van der Waals surface area contributed by atoms with Crippen LogP contribution in [0.15, 0.2) is 54.7 Å². The maximum atomic E-state index is 11.8. The monoisotopic (exact) mass is 393 g/mol. The van der Waals surface area contributed by atoms with Crippen molar-refractivity contribution in [3.63, 3.8) is 0 Å². The molecule has 0 radical (unpaired) electrons. The number of nitrogens with two attached hydrogens (primary N) is 1. The molecule has 150 valence electrons. The Morgan fingerprint density at radius 2 is 1.86 bits per heavy atom. The zero-order valence-electron chi connectivity index (χ0n) is 16.3. The lowest BCUT2D eigenvalue weighted by atomic mass is 10.2. The second kappa shape index (κ2) is 9.52. The Kier molecular flexibility index (Phi) is 6.59. The van der Waals surface area contributed by atoms with E-state index in [9.17, 15) is 4.79 Å². The molecule has 3 aromatic rings. The number of carbonyl (C=O) groups is 1.